The Kier molecular flexibility index (Phi) is 7.03. The second kappa shape index (κ2) is 9.48. The molecule has 0 aromatic heterocycles. The fourth-order valence-corrected chi connectivity index (χ4v) is 2.70. The molecule has 0 radical (unpaired) electrons. The highest BCUT2D eigenvalue weighted by Gasteiger charge is 2.13. The quantitative estimate of drug-likeness (QED) is 0.430. The first-order chi connectivity index (χ1) is 12.0. The van der Waals surface area contributed by atoms with Crippen LogP contribution in [0.1, 0.15) is 12.5 Å². The van der Waals surface area contributed by atoms with Crippen molar-refractivity contribution >= 4 is 29.8 Å². The first-order valence-electron chi connectivity index (χ1n) is 7.60. The smallest absolute Gasteiger partial charge is 0.255 e. The van der Waals surface area contributed by atoms with E-state index in [0.717, 1.165) is 10.5 Å². The molecule has 0 unspecified atom stereocenters. The third-order valence-corrected chi connectivity index (χ3v) is 4.19. The molecule has 3 N–H and O–H groups in total. The number of benzene rings is 2. The molecule has 0 aliphatic rings. The van der Waals surface area contributed by atoms with Crippen LogP contribution in [0.4, 0.5) is 0 Å². The lowest BCUT2D eigenvalue weighted by molar-refractivity contribution is -0.120. The number of hydrazone groups is 1. The Morgan fingerprint density at radius 2 is 1.88 bits per heavy atom. The van der Waals surface area contributed by atoms with Crippen molar-refractivity contribution in [3.63, 3.8) is 0 Å². The summed E-state index contributed by atoms with van der Waals surface area (Å²) in [6.45, 7) is 1.66. The fourth-order valence-electron chi connectivity index (χ4n) is 1.82. The summed E-state index contributed by atoms with van der Waals surface area (Å²) in [6.07, 6.45) is 1.54. The van der Waals surface area contributed by atoms with Crippen LogP contribution in [0.25, 0.3) is 0 Å². The lowest BCUT2D eigenvalue weighted by Crippen LogP contribution is -2.26. The summed E-state index contributed by atoms with van der Waals surface area (Å²) >= 11 is 1.47. The van der Waals surface area contributed by atoms with E-state index in [1.54, 1.807) is 24.3 Å². The van der Waals surface area contributed by atoms with Gasteiger partial charge in [0.25, 0.3) is 11.8 Å². The van der Waals surface area contributed by atoms with Crippen LogP contribution in [0.5, 0.6) is 5.75 Å². The largest absolute Gasteiger partial charge is 0.484 e. The van der Waals surface area contributed by atoms with Crippen molar-refractivity contribution in [2.75, 3.05) is 6.61 Å². The Morgan fingerprint density at radius 3 is 2.52 bits per heavy atom. The summed E-state index contributed by atoms with van der Waals surface area (Å²) in [5, 5.41) is 3.70. The van der Waals surface area contributed by atoms with Gasteiger partial charge in [-0.1, -0.05) is 18.2 Å². The van der Waals surface area contributed by atoms with Crippen molar-refractivity contribution in [2.45, 2.75) is 17.1 Å². The van der Waals surface area contributed by atoms with Gasteiger partial charge < -0.3 is 10.5 Å². The maximum absolute atomic E-state index is 12.0. The molecule has 2 aromatic carbocycles. The topological polar surface area (TPSA) is 93.8 Å². The third-order valence-electron chi connectivity index (χ3n) is 3.07. The molecule has 0 heterocycles. The van der Waals surface area contributed by atoms with Crippen molar-refractivity contribution in [1.82, 2.24) is 5.43 Å². The van der Waals surface area contributed by atoms with Crippen molar-refractivity contribution in [3.8, 4) is 5.75 Å². The summed E-state index contributed by atoms with van der Waals surface area (Å²) in [6, 6.07) is 16.6. The number of nitrogens with zero attached hydrogens (tertiary/aromatic N) is 1. The van der Waals surface area contributed by atoms with Gasteiger partial charge in [0, 0.05) is 4.90 Å². The summed E-state index contributed by atoms with van der Waals surface area (Å²) in [5.74, 6) is -0.171. The summed E-state index contributed by atoms with van der Waals surface area (Å²) in [4.78, 5) is 23.7. The molecule has 0 saturated heterocycles. The molecule has 130 valence electrons. The molecule has 7 heteroatoms. The zero-order valence-electron chi connectivity index (χ0n) is 13.7. The first-order valence-corrected chi connectivity index (χ1v) is 8.48. The number of primary amides is 1. The predicted molar refractivity (Wildman–Crippen MR) is 98.6 cm³/mol. The molecule has 0 saturated carbocycles. The minimum atomic E-state index is -0.532. The number of ether oxygens (including phenoxy) is 1. The van der Waals surface area contributed by atoms with Crippen molar-refractivity contribution in [1.29, 1.82) is 0 Å². The van der Waals surface area contributed by atoms with E-state index in [0.29, 0.717) is 5.75 Å². The zero-order valence-corrected chi connectivity index (χ0v) is 14.5. The van der Waals surface area contributed by atoms with Crippen LogP contribution < -0.4 is 15.9 Å². The van der Waals surface area contributed by atoms with E-state index in [9.17, 15) is 9.59 Å². The lowest BCUT2D eigenvalue weighted by atomic mass is 10.2. The molecule has 6 nitrogen and oxygen atoms in total. The normalized spacial score (nSPS) is 11.9. The van der Waals surface area contributed by atoms with Crippen LogP contribution in [0.2, 0.25) is 0 Å². The molecule has 0 aliphatic heterocycles. The van der Waals surface area contributed by atoms with E-state index in [-0.39, 0.29) is 17.8 Å². The van der Waals surface area contributed by atoms with Crippen molar-refractivity contribution in [3.05, 3.63) is 60.2 Å². The zero-order chi connectivity index (χ0) is 18.1. The highest BCUT2D eigenvalue weighted by molar-refractivity contribution is 8.00. The fraction of sp³-hybridized carbons (Fsp3) is 0.167. The average molecular weight is 357 g/mol. The summed E-state index contributed by atoms with van der Waals surface area (Å²) < 4.78 is 5.16. The number of thioether (sulfide) groups is 1. The van der Waals surface area contributed by atoms with Gasteiger partial charge in [-0.15, -0.1) is 11.8 Å². The van der Waals surface area contributed by atoms with Gasteiger partial charge in [0.2, 0.25) is 0 Å². The van der Waals surface area contributed by atoms with E-state index in [2.05, 4.69) is 10.5 Å². The number of rotatable bonds is 8. The van der Waals surface area contributed by atoms with Crippen molar-refractivity contribution < 1.29 is 14.3 Å². The number of carbonyl (C=O) groups excluding carboxylic acids is 2. The monoisotopic (exact) mass is 357 g/mol. The molecule has 2 rings (SSSR count). The number of amides is 2. The highest BCUT2D eigenvalue weighted by Crippen LogP contribution is 2.22. The summed E-state index contributed by atoms with van der Waals surface area (Å²) in [5.41, 5.74) is 8.32. The molecule has 0 aliphatic carbocycles. The van der Waals surface area contributed by atoms with Crippen LogP contribution in [-0.2, 0) is 9.59 Å². The Bertz CT molecular complexity index is 733. The first kappa shape index (κ1) is 18.5. The molecular formula is C18H19N3O3S. The minimum absolute atomic E-state index is 0.166. The maximum atomic E-state index is 12.0. The van der Waals surface area contributed by atoms with Crippen LogP contribution in [0.3, 0.4) is 0 Å². The number of hydrogen-bond acceptors (Lipinski definition) is 5. The Labute approximate surface area is 150 Å². The maximum Gasteiger partial charge on any atom is 0.255 e. The van der Waals surface area contributed by atoms with Crippen LogP contribution in [0.15, 0.2) is 64.6 Å². The number of nitrogens with one attached hydrogen (secondary N) is 1. The molecule has 2 amide bonds. The SMILES string of the molecule is C[C@H](Sc1ccccc1)C(=O)N/N=C\c1ccc(OCC(N)=O)cc1. The molecule has 25 heavy (non-hydrogen) atoms. The van der Waals surface area contributed by atoms with E-state index < -0.39 is 5.91 Å². The Morgan fingerprint density at radius 1 is 1.20 bits per heavy atom. The third kappa shape index (κ3) is 6.68. The second-order valence-corrected chi connectivity index (χ2v) is 6.55. The second-order valence-electron chi connectivity index (χ2n) is 5.13. The van der Waals surface area contributed by atoms with Crippen LogP contribution >= 0.6 is 11.8 Å². The molecule has 2 aromatic rings. The Hall–Kier alpha value is -2.80. The van der Waals surface area contributed by atoms with Gasteiger partial charge in [-0.25, -0.2) is 5.43 Å². The predicted octanol–water partition coefficient (Wildman–Crippen LogP) is 2.18. The van der Waals surface area contributed by atoms with Gasteiger partial charge >= 0.3 is 0 Å². The standard InChI is InChI=1S/C18H19N3O3S/c1-13(25-16-5-3-2-4-6-16)18(23)21-20-11-14-7-9-15(10-8-14)24-12-17(19)22/h2-11,13H,12H2,1H3,(H2,19,22)(H,21,23)/b20-11-/t13-/m0/s1. The van der Waals surface area contributed by atoms with Crippen LogP contribution in [0, 0.1) is 0 Å². The van der Waals surface area contributed by atoms with Gasteiger partial charge in [-0.2, -0.15) is 5.10 Å². The van der Waals surface area contributed by atoms with Gasteiger partial charge in [0.1, 0.15) is 5.75 Å². The van der Waals surface area contributed by atoms with Gasteiger partial charge in [-0.05, 0) is 48.9 Å². The Balaban J connectivity index is 1.81. The molecule has 0 spiro atoms. The van der Waals surface area contributed by atoms with E-state index >= 15 is 0 Å². The number of nitrogens with two attached hydrogens (primary N) is 1. The molecule has 1 atom stereocenters. The highest BCUT2D eigenvalue weighted by atomic mass is 32.2. The number of carbonyl (C=O) groups is 2. The minimum Gasteiger partial charge on any atom is -0.484 e. The van der Waals surface area contributed by atoms with Gasteiger partial charge in [0.15, 0.2) is 6.61 Å². The van der Waals surface area contributed by atoms with E-state index in [1.807, 2.05) is 37.3 Å². The molecule has 0 fully saturated rings. The molecular weight excluding hydrogens is 338 g/mol. The van der Waals surface area contributed by atoms with E-state index in [1.165, 1.54) is 18.0 Å². The van der Waals surface area contributed by atoms with E-state index in [4.69, 9.17) is 10.5 Å². The lowest BCUT2D eigenvalue weighted by Gasteiger charge is -2.09. The van der Waals surface area contributed by atoms with Gasteiger partial charge in [0.05, 0.1) is 11.5 Å². The summed E-state index contributed by atoms with van der Waals surface area (Å²) in [7, 11) is 0. The number of hydrogen-bond donors (Lipinski definition) is 2. The van der Waals surface area contributed by atoms with Gasteiger partial charge in [-0.3, -0.25) is 9.59 Å². The average Bonchev–Trinajstić information content (AvgIpc) is 2.61. The molecule has 0 bridgehead atoms. The van der Waals surface area contributed by atoms with Crippen LogP contribution in [-0.4, -0.2) is 29.9 Å². The van der Waals surface area contributed by atoms with Crippen molar-refractivity contribution in [2.24, 2.45) is 10.8 Å².